The minimum atomic E-state index is -0.0940. The van der Waals surface area contributed by atoms with E-state index >= 15 is 0 Å². The predicted octanol–water partition coefficient (Wildman–Crippen LogP) is 5.51. The molecule has 1 saturated carbocycles. The van der Waals surface area contributed by atoms with Crippen LogP contribution in [0.15, 0.2) is 36.0 Å². The summed E-state index contributed by atoms with van der Waals surface area (Å²) in [5.74, 6) is 0. The van der Waals surface area contributed by atoms with Crippen LogP contribution in [0.5, 0.6) is 0 Å². The van der Waals surface area contributed by atoms with E-state index in [0.717, 1.165) is 18.3 Å². The first-order chi connectivity index (χ1) is 12.0. The summed E-state index contributed by atoms with van der Waals surface area (Å²) in [5, 5.41) is 3.73. The number of aryl methyl sites for hydroxylation is 2. The van der Waals surface area contributed by atoms with E-state index in [0.29, 0.717) is 10.8 Å². The quantitative estimate of drug-likeness (QED) is 0.712. The monoisotopic (exact) mass is 346 g/mol. The van der Waals surface area contributed by atoms with Gasteiger partial charge >= 0.3 is 161 Å². The average molecular weight is 346 g/mol. The van der Waals surface area contributed by atoms with Gasteiger partial charge in [0, 0.05) is 0 Å². The summed E-state index contributed by atoms with van der Waals surface area (Å²) < 4.78 is 0. The molecule has 1 fully saturated rings. The average Bonchev–Trinajstić information content (AvgIpc) is 2.68. The van der Waals surface area contributed by atoms with Crippen molar-refractivity contribution in [2.24, 2.45) is 10.8 Å². The number of rotatable bonds is 3. The van der Waals surface area contributed by atoms with Crippen molar-refractivity contribution >= 4 is 18.5 Å². The van der Waals surface area contributed by atoms with Gasteiger partial charge in [0.1, 0.15) is 0 Å². The molecule has 0 amide bonds. The molecule has 0 saturated heterocycles. The third-order valence-electron chi connectivity index (χ3n) is 7.56. The predicted molar refractivity (Wildman–Crippen MR) is 116 cm³/mol. The van der Waals surface area contributed by atoms with Crippen LogP contribution < -0.4 is 5.32 Å². The molecule has 1 aromatic rings. The Morgan fingerprint density at radius 2 is 1.77 bits per heavy atom. The Bertz CT molecular complexity index is 803. The van der Waals surface area contributed by atoms with Gasteiger partial charge in [0.2, 0.25) is 0 Å². The molecule has 137 valence electrons. The van der Waals surface area contributed by atoms with Gasteiger partial charge in [0.15, 0.2) is 0 Å². The molecule has 2 aliphatic rings. The van der Waals surface area contributed by atoms with Gasteiger partial charge in [-0.15, -0.1) is 0 Å². The van der Waals surface area contributed by atoms with Crippen LogP contribution in [0.1, 0.15) is 70.6 Å². The fraction of sp³-hybridized carbons (Fsp3) is 0.542. The molecule has 26 heavy (non-hydrogen) atoms. The summed E-state index contributed by atoms with van der Waals surface area (Å²) in [6.45, 7) is 16.0. The molecule has 1 aromatic carbocycles. The van der Waals surface area contributed by atoms with Crippen LogP contribution in [0.2, 0.25) is 0 Å². The van der Waals surface area contributed by atoms with Gasteiger partial charge in [0.25, 0.3) is 0 Å². The number of hydrogen-bond donors (Lipinski definition) is 1. The third kappa shape index (κ3) is 2.92. The summed E-state index contributed by atoms with van der Waals surface area (Å²) in [6.07, 6.45) is 7.80. The van der Waals surface area contributed by atoms with Crippen molar-refractivity contribution < 1.29 is 0 Å². The van der Waals surface area contributed by atoms with E-state index in [1.165, 1.54) is 34.3 Å². The standard InChI is InChI=1S/C24H33BN/c1-8-22(5,6)23(7)14-24(15-23)21(25)18(4)12-20(13-26-24)19-10-9-16(2)17(3)11-19/h9-13,26H,8,14-15H2,1-7H3. The maximum atomic E-state index is 6.67. The zero-order chi connectivity index (χ0) is 19.3. The van der Waals surface area contributed by atoms with Crippen molar-refractivity contribution in [1.82, 2.24) is 5.32 Å². The minimum absolute atomic E-state index is 0.0940. The third-order valence-corrected chi connectivity index (χ3v) is 7.56. The Morgan fingerprint density at radius 1 is 1.12 bits per heavy atom. The number of nitrogens with one attached hydrogen (secondary N) is 1. The first kappa shape index (κ1) is 19.2. The van der Waals surface area contributed by atoms with Crippen LogP contribution in [0.3, 0.4) is 0 Å². The van der Waals surface area contributed by atoms with Gasteiger partial charge in [-0.25, -0.2) is 0 Å². The zero-order valence-corrected chi connectivity index (χ0v) is 17.6. The van der Waals surface area contributed by atoms with Gasteiger partial charge in [0.05, 0.1) is 0 Å². The maximum absolute atomic E-state index is 6.67. The van der Waals surface area contributed by atoms with Crippen molar-refractivity contribution in [3.05, 3.63) is 52.7 Å². The molecule has 1 heterocycles. The van der Waals surface area contributed by atoms with E-state index in [9.17, 15) is 0 Å². The van der Waals surface area contributed by atoms with Crippen LogP contribution in [0.4, 0.5) is 0 Å². The Labute approximate surface area is 161 Å². The first-order valence-corrected chi connectivity index (χ1v) is 9.91. The topological polar surface area (TPSA) is 12.0 Å². The van der Waals surface area contributed by atoms with Crippen molar-refractivity contribution in [1.29, 1.82) is 0 Å². The second kappa shape index (κ2) is 6.25. The van der Waals surface area contributed by atoms with Gasteiger partial charge in [-0.2, -0.15) is 0 Å². The molecule has 0 bridgehead atoms. The zero-order valence-electron chi connectivity index (χ0n) is 17.6. The molecule has 2 heteroatoms. The molecule has 0 atom stereocenters. The van der Waals surface area contributed by atoms with E-state index in [1.807, 2.05) is 0 Å². The fourth-order valence-electron chi connectivity index (χ4n) is 4.59. The Morgan fingerprint density at radius 3 is 2.35 bits per heavy atom. The Kier molecular flexibility index (Phi) is 4.62. The molecule has 1 aliphatic carbocycles. The van der Waals surface area contributed by atoms with E-state index in [2.05, 4.69) is 84.3 Å². The van der Waals surface area contributed by atoms with Crippen LogP contribution in [-0.2, 0) is 0 Å². The van der Waals surface area contributed by atoms with E-state index in [4.69, 9.17) is 7.49 Å². The summed E-state index contributed by atoms with van der Waals surface area (Å²) in [7, 11) is 6.67. The van der Waals surface area contributed by atoms with E-state index < -0.39 is 0 Å². The van der Waals surface area contributed by atoms with Crippen LogP contribution in [-0.4, -0.2) is 18.5 Å². The van der Waals surface area contributed by atoms with Crippen LogP contribution in [0.25, 0.3) is 5.57 Å². The summed E-state index contributed by atoms with van der Waals surface area (Å²) >= 11 is 0. The Hall–Kier alpha value is -1.57. The molecule has 1 N–H and O–H groups in total. The van der Waals surface area contributed by atoms with Crippen molar-refractivity contribution in [2.45, 2.75) is 73.3 Å². The molecule has 3 rings (SSSR count). The molecule has 0 unspecified atom stereocenters. The summed E-state index contributed by atoms with van der Waals surface area (Å²) in [5.41, 5.74) is 7.87. The normalized spacial score (nSPS) is 28.8. The van der Waals surface area contributed by atoms with Gasteiger partial charge in [-0.3, -0.25) is 0 Å². The van der Waals surface area contributed by atoms with Crippen LogP contribution in [0, 0.1) is 24.7 Å². The first-order valence-electron chi connectivity index (χ1n) is 9.91. The Balaban J connectivity index is 1.92. The molecule has 1 spiro atoms. The van der Waals surface area contributed by atoms with Crippen LogP contribution >= 0.6 is 0 Å². The molecule has 1 radical (unpaired) electrons. The number of benzene rings is 1. The second-order valence-corrected chi connectivity index (χ2v) is 9.52. The van der Waals surface area contributed by atoms with Crippen molar-refractivity contribution in [3.8, 4) is 0 Å². The fourth-order valence-corrected chi connectivity index (χ4v) is 4.59. The van der Waals surface area contributed by atoms with E-state index in [-0.39, 0.29) is 5.54 Å². The summed E-state index contributed by atoms with van der Waals surface area (Å²) in [6, 6.07) is 6.68. The molecular formula is C24H33BN. The molecule has 1 nitrogen and oxygen atoms in total. The molecule has 0 aromatic heterocycles. The molecular weight excluding hydrogens is 313 g/mol. The second-order valence-electron chi connectivity index (χ2n) is 9.52. The molecule has 1 aliphatic heterocycles. The SMILES string of the molecule is [B]=C1C(C)=CC(c2ccc(C)c(C)c2)=CNC12CC(C)(C(C)(C)CC)C2. The van der Waals surface area contributed by atoms with Gasteiger partial charge in [-0.05, 0) is 0 Å². The van der Waals surface area contributed by atoms with Gasteiger partial charge < -0.3 is 0 Å². The summed E-state index contributed by atoms with van der Waals surface area (Å²) in [4.78, 5) is 0. The van der Waals surface area contributed by atoms with Crippen molar-refractivity contribution in [3.63, 3.8) is 0 Å². The van der Waals surface area contributed by atoms with E-state index in [1.54, 1.807) is 0 Å². The number of hydrogen-bond acceptors (Lipinski definition) is 1. The number of allylic oxidation sites excluding steroid dienone is 2. The van der Waals surface area contributed by atoms with Crippen molar-refractivity contribution in [2.75, 3.05) is 0 Å². The van der Waals surface area contributed by atoms with Gasteiger partial charge in [-0.1, -0.05) is 0 Å².